The van der Waals surface area contributed by atoms with Crippen molar-refractivity contribution in [2.24, 2.45) is 5.92 Å². The lowest BCUT2D eigenvalue weighted by Gasteiger charge is -2.27. The van der Waals surface area contributed by atoms with E-state index >= 15 is 0 Å². The van der Waals surface area contributed by atoms with Crippen molar-refractivity contribution in [1.29, 1.82) is 0 Å². The minimum atomic E-state index is -0.887. The number of rotatable bonds is 3. The molecule has 0 radical (unpaired) electrons. The van der Waals surface area contributed by atoms with Gasteiger partial charge in [0.15, 0.2) is 6.29 Å². The Kier molecular flexibility index (Phi) is 4.68. The number of hydrogen-bond acceptors (Lipinski definition) is 2. The molecular formula is C18H17F3O2. The van der Waals surface area contributed by atoms with Crippen molar-refractivity contribution in [2.75, 3.05) is 13.2 Å². The van der Waals surface area contributed by atoms with E-state index in [-0.39, 0.29) is 11.1 Å². The van der Waals surface area contributed by atoms with Gasteiger partial charge in [-0.05, 0) is 17.7 Å². The molecule has 1 saturated heterocycles. The fourth-order valence-electron chi connectivity index (χ4n) is 2.53. The molecule has 5 heteroatoms. The van der Waals surface area contributed by atoms with Gasteiger partial charge >= 0.3 is 0 Å². The van der Waals surface area contributed by atoms with Crippen LogP contribution in [0.1, 0.15) is 24.3 Å². The second-order valence-electron chi connectivity index (χ2n) is 5.78. The van der Waals surface area contributed by atoms with Gasteiger partial charge in [-0.25, -0.2) is 13.2 Å². The first-order chi connectivity index (χ1) is 11.1. The molecule has 1 aliphatic heterocycles. The van der Waals surface area contributed by atoms with Crippen molar-refractivity contribution in [3.8, 4) is 11.1 Å². The fourth-order valence-corrected chi connectivity index (χ4v) is 2.53. The highest BCUT2D eigenvalue weighted by Gasteiger charge is 2.22. The summed E-state index contributed by atoms with van der Waals surface area (Å²) in [7, 11) is 0. The average molecular weight is 322 g/mol. The molecule has 0 spiro atoms. The Balaban J connectivity index is 1.86. The first-order valence-electron chi connectivity index (χ1n) is 7.46. The minimum absolute atomic E-state index is 0.0381. The summed E-state index contributed by atoms with van der Waals surface area (Å²) in [6.45, 7) is 2.24. The number of halogens is 3. The van der Waals surface area contributed by atoms with Crippen molar-refractivity contribution < 1.29 is 22.6 Å². The zero-order chi connectivity index (χ0) is 16.4. The summed E-state index contributed by atoms with van der Waals surface area (Å²) in [5.74, 6) is -0.866. The first-order valence-corrected chi connectivity index (χ1v) is 7.46. The zero-order valence-corrected chi connectivity index (χ0v) is 12.7. The van der Waals surface area contributed by atoms with Gasteiger partial charge in [0.2, 0.25) is 0 Å². The van der Waals surface area contributed by atoms with Gasteiger partial charge in [0.1, 0.15) is 18.3 Å². The van der Waals surface area contributed by atoms with Gasteiger partial charge in [0.05, 0.1) is 13.2 Å². The van der Waals surface area contributed by atoms with E-state index in [1.807, 2.05) is 6.92 Å². The Morgan fingerprint density at radius 3 is 2.35 bits per heavy atom. The summed E-state index contributed by atoms with van der Waals surface area (Å²) in [4.78, 5) is 0. The molecule has 23 heavy (non-hydrogen) atoms. The lowest BCUT2D eigenvalue weighted by molar-refractivity contribution is -0.202. The van der Waals surface area contributed by atoms with Crippen molar-refractivity contribution in [3.05, 3.63) is 59.2 Å². The van der Waals surface area contributed by atoms with Crippen LogP contribution in [0.25, 0.3) is 11.1 Å². The third-order valence-electron chi connectivity index (χ3n) is 3.84. The molecule has 2 aromatic rings. The Bertz CT molecular complexity index is 695. The molecule has 0 saturated carbocycles. The predicted molar refractivity (Wildman–Crippen MR) is 80.4 cm³/mol. The SMILES string of the molecule is CC1COC(c2ccc(-c3ccc(CF)c(F)c3)c(F)c2)OC1. The van der Waals surface area contributed by atoms with Crippen LogP contribution in [0.3, 0.4) is 0 Å². The number of benzene rings is 2. The molecule has 0 bridgehead atoms. The van der Waals surface area contributed by atoms with Crippen molar-refractivity contribution in [2.45, 2.75) is 19.9 Å². The molecule has 2 aromatic carbocycles. The summed E-state index contributed by atoms with van der Waals surface area (Å²) in [6, 6.07) is 8.55. The van der Waals surface area contributed by atoms with E-state index in [9.17, 15) is 13.2 Å². The van der Waals surface area contributed by atoms with Gasteiger partial charge < -0.3 is 9.47 Å². The molecule has 0 aromatic heterocycles. The number of hydrogen-bond donors (Lipinski definition) is 0. The van der Waals surface area contributed by atoms with Gasteiger partial charge in [-0.15, -0.1) is 0 Å². The van der Waals surface area contributed by atoms with Crippen LogP contribution in [0, 0.1) is 17.6 Å². The van der Waals surface area contributed by atoms with Crippen LogP contribution >= 0.6 is 0 Å². The van der Waals surface area contributed by atoms with Gasteiger partial charge in [-0.1, -0.05) is 31.2 Å². The van der Waals surface area contributed by atoms with Gasteiger partial charge in [0, 0.05) is 22.6 Å². The van der Waals surface area contributed by atoms with Crippen molar-refractivity contribution >= 4 is 0 Å². The Morgan fingerprint density at radius 2 is 1.74 bits per heavy atom. The number of alkyl halides is 1. The van der Waals surface area contributed by atoms with E-state index < -0.39 is 24.6 Å². The highest BCUT2D eigenvalue weighted by Crippen LogP contribution is 2.30. The van der Waals surface area contributed by atoms with Crippen LogP contribution < -0.4 is 0 Å². The zero-order valence-electron chi connectivity index (χ0n) is 12.7. The molecule has 122 valence electrons. The summed E-state index contributed by atoms with van der Waals surface area (Å²) in [5, 5.41) is 0. The van der Waals surface area contributed by atoms with Crippen LogP contribution in [0.2, 0.25) is 0 Å². The molecule has 0 N–H and O–H groups in total. The van der Waals surface area contributed by atoms with Crippen LogP contribution in [-0.4, -0.2) is 13.2 Å². The van der Waals surface area contributed by atoms with Crippen LogP contribution in [0.4, 0.5) is 13.2 Å². The molecule has 3 rings (SSSR count). The molecular weight excluding hydrogens is 305 g/mol. The van der Waals surface area contributed by atoms with Crippen LogP contribution in [0.5, 0.6) is 0 Å². The Labute approximate surface area is 132 Å². The van der Waals surface area contributed by atoms with Crippen LogP contribution in [-0.2, 0) is 16.1 Å². The molecule has 1 fully saturated rings. The predicted octanol–water partition coefficient (Wildman–Crippen LogP) is 4.78. The summed E-state index contributed by atoms with van der Waals surface area (Å²) in [6.07, 6.45) is -0.583. The third kappa shape index (κ3) is 3.41. The summed E-state index contributed by atoms with van der Waals surface area (Å²) < 4.78 is 51.7. The van der Waals surface area contributed by atoms with Crippen LogP contribution in [0.15, 0.2) is 36.4 Å². The highest BCUT2D eigenvalue weighted by atomic mass is 19.1. The maximum atomic E-state index is 14.4. The van der Waals surface area contributed by atoms with E-state index in [0.717, 1.165) is 6.07 Å². The molecule has 0 unspecified atom stereocenters. The van der Waals surface area contributed by atoms with E-state index in [0.29, 0.717) is 30.3 Å². The first kappa shape index (κ1) is 16.0. The second kappa shape index (κ2) is 6.72. The molecule has 0 aliphatic carbocycles. The third-order valence-corrected chi connectivity index (χ3v) is 3.84. The summed E-state index contributed by atoms with van der Waals surface area (Å²) in [5.41, 5.74) is 1.16. The minimum Gasteiger partial charge on any atom is -0.348 e. The molecule has 1 aliphatic rings. The Hall–Kier alpha value is -1.85. The normalized spacial score (nSPS) is 21.4. The molecule has 2 nitrogen and oxygen atoms in total. The van der Waals surface area contributed by atoms with Gasteiger partial charge in [-0.2, -0.15) is 0 Å². The standard InChI is InChI=1S/C18H17F3O2/c1-11-9-22-18(23-10-11)13-4-5-15(17(21)7-13)12-2-3-14(8-19)16(20)6-12/h2-7,11,18H,8-10H2,1H3. The maximum absolute atomic E-state index is 14.4. The van der Waals surface area contributed by atoms with Crippen molar-refractivity contribution in [3.63, 3.8) is 0 Å². The largest absolute Gasteiger partial charge is 0.348 e. The monoisotopic (exact) mass is 322 g/mol. The van der Waals surface area contributed by atoms with Gasteiger partial charge in [0.25, 0.3) is 0 Å². The van der Waals surface area contributed by atoms with E-state index in [2.05, 4.69) is 0 Å². The molecule has 0 amide bonds. The van der Waals surface area contributed by atoms with E-state index in [4.69, 9.17) is 9.47 Å². The average Bonchev–Trinajstić information content (AvgIpc) is 2.55. The van der Waals surface area contributed by atoms with Crippen molar-refractivity contribution in [1.82, 2.24) is 0 Å². The quantitative estimate of drug-likeness (QED) is 0.809. The highest BCUT2D eigenvalue weighted by molar-refractivity contribution is 5.65. The topological polar surface area (TPSA) is 18.5 Å². The smallest absolute Gasteiger partial charge is 0.183 e. The molecule has 1 heterocycles. The maximum Gasteiger partial charge on any atom is 0.183 e. The second-order valence-corrected chi connectivity index (χ2v) is 5.78. The van der Waals surface area contributed by atoms with E-state index in [1.165, 1.54) is 18.2 Å². The molecule has 0 atom stereocenters. The number of ether oxygens (including phenoxy) is 2. The van der Waals surface area contributed by atoms with E-state index in [1.54, 1.807) is 12.1 Å². The van der Waals surface area contributed by atoms with Gasteiger partial charge in [-0.3, -0.25) is 0 Å². The lowest BCUT2D eigenvalue weighted by Crippen LogP contribution is -2.25. The Morgan fingerprint density at radius 1 is 1.00 bits per heavy atom. The summed E-state index contributed by atoms with van der Waals surface area (Å²) >= 11 is 0. The lowest BCUT2D eigenvalue weighted by atomic mass is 10.0. The fraction of sp³-hybridized carbons (Fsp3) is 0.333.